The van der Waals surface area contributed by atoms with Crippen molar-refractivity contribution in [3.63, 3.8) is 0 Å². The number of rotatable bonds is 1. The Hall–Kier alpha value is -6.78. The van der Waals surface area contributed by atoms with Crippen LogP contribution in [0.4, 0.5) is 51.2 Å². The Morgan fingerprint density at radius 1 is 0.370 bits per heavy atom. The molecule has 0 atom stereocenters. The van der Waals surface area contributed by atoms with Gasteiger partial charge in [-0.2, -0.15) is 0 Å². The van der Waals surface area contributed by atoms with E-state index < -0.39 is 0 Å². The summed E-state index contributed by atoms with van der Waals surface area (Å²) in [4.78, 5) is 7.19. The van der Waals surface area contributed by atoms with Gasteiger partial charge in [0.15, 0.2) is 0 Å². The number of fused-ring (bicyclic) bond motifs is 12. The summed E-state index contributed by atoms with van der Waals surface area (Å²) in [6.07, 6.45) is 0. The zero-order valence-electron chi connectivity index (χ0n) is 30.4. The van der Waals surface area contributed by atoms with Gasteiger partial charge in [-0.3, -0.25) is 0 Å². The highest BCUT2D eigenvalue weighted by atomic mass is 16.5. The minimum atomic E-state index is 0.0255. The topological polar surface area (TPSA) is 19.0 Å². The molecule has 0 amide bonds. The molecule has 9 aromatic rings. The predicted molar refractivity (Wildman–Crippen MR) is 227 cm³/mol. The molecule has 0 spiro atoms. The molecule has 11 rings (SSSR count). The maximum absolute atomic E-state index is 6.65. The molecule has 0 unspecified atom stereocenters. The third-order valence-electron chi connectivity index (χ3n) is 11.1. The highest BCUT2D eigenvalue weighted by Gasteiger charge is 2.28. The highest BCUT2D eigenvalue weighted by Crippen LogP contribution is 2.53. The number of anilines is 9. The molecule has 0 radical (unpaired) electrons. The van der Waals surface area contributed by atoms with Crippen molar-refractivity contribution in [1.82, 2.24) is 0 Å². The van der Waals surface area contributed by atoms with Gasteiger partial charge in [-0.1, -0.05) is 99.6 Å². The van der Waals surface area contributed by atoms with Gasteiger partial charge in [0.05, 0.1) is 11.4 Å². The molecule has 4 heteroatoms. The van der Waals surface area contributed by atoms with Crippen LogP contribution in [-0.2, 0) is 5.41 Å². The minimum Gasteiger partial charge on any atom is -0.457 e. The Morgan fingerprint density at radius 3 is 1.31 bits per heavy atom. The van der Waals surface area contributed by atoms with E-state index in [1.807, 2.05) is 12.1 Å². The van der Waals surface area contributed by atoms with Crippen LogP contribution in [0.3, 0.4) is 0 Å². The zero-order valence-corrected chi connectivity index (χ0v) is 30.4. The van der Waals surface area contributed by atoms with Crippen molar-refractivity contribution < 1.29 is 4.74 Å². The number of hydrogen-bond donors (Lipinski definition) is 0. The molecule has 9 aromatic carbocycles. The van der Waals surface area contributed by atoms with Gasteiger partial charge in [-0.25, -0.2) is 0 Å². The Morgan fingerprint density at radius 2 is 0.815 bits per heavy atom. The van der Waals surface area contributed by atoms with Gasteiger partial charge in [0.25, 0.3) is 0 Å². The molecule has 2 aliphatic rings. The predicted octanol–water partition coefficient (Wildman–Crippen LogP) is 14.7. The second-order valence-corrected chi connectivity index (χ2v) is 15.5. The summed E-state index contributed by atoms with van der Waals surface area (Å²) in [6.45, 7) is 6.90. The molecule has 2 heterocycles. The van der Waals surface area contributed by atoms with E-state index in [1.54, 1.807) is 0 Å². The molecule has 0 saturated heterocycles. The van der Waals surface area contributed by atoms with E-state index in [4.69, 9.17) is 4.74 Å². The lowest BCUT2D eigenvalue weighted by Crippen LogP contribution is -2.17. The molecule has 0 aliphatic carbocycles. The SMILES string of the molecule is CC(C)(C)c1cc2ccc3c4cc(c5ccc(c1)c2c35)N1c2cccc(c2)Oc2cccc(c2)N4c2cccc(c2)N(c2ccccc2)c2cccc1c2. The van der Waals surface area contributed by atoms with Gasteiger partial charge in [0.1, 0.15) is 11.5 Å². The first-order valence-electron chi connectivity index (χ1n) is 18.7. The van der Waals surface area contributed by atoms with E-state index in [0.717, 1.165) is 62.7 Å². The monoisotopic (exact) mass is 695 g/mol. The fourth-order valence-electron chi connectivity index (χ4n) is 8.61. The van der Waals surface area contributed by atoms with Gasteiger partial charge in [0.2, 0.25) is 0 Å². The second-order valence-electron chi connectivity index (χ2n) is 15.5. The number of para-hydroxylation sites is 1. The third-order valence-corrected chi connectivity index (χ3v) is 11.1. The van der Waals surface area contributed by atoms with Crippen molar-refractivity contribution >= 4 is 83.5 Å². The van der Waals surface area contributed by atoms with Crippen LogP contribution in [0.25, 0.3) is 32.3 Å². The summed E-state index contributed by atoms with van der Waals surface area (Å²) in [7, 11) is 0. The van der Waals surface area contributed by atoms with Gasteiger partial charge < -0.3 is 19.4 Å². The van der Waals surface area contributed by atoms with E-state index in [1.165, 1.54) is 37.9 Å². The maximum atomic E-state index is 6.65. The number of benzene rings is 9. The molecule has 12 bridgehead atoms. The fourth-order valence-corrected chi connectivity index (χ4v) is 8.61. The largest absolute Gasteiger partial charge is 0.457 e. The van der Waals surface area contributed by atoms with Crippen molar-refractivity contribution in [3.8, 4) is 11.5 Å². The van der Waals surface area contributed by atoms with Crippen molar-refractivity contribution in [2.75, 3.05) is 14.7 Å². The average molecular weight is 696 g/mol. The van der Waals surface area contributed by atoms with Crippen LogP contribution in [0.5, 0.6) is 11.5 Å². The van der Waals surface area contributed by atoms with Crippen LogP contribution in [0, 0.1) is 0 Å². The van der Waals surface area contributed by atoms with Gasteiger partial charge >= 0.3 is 0 Å². The van der Waals surface area contributed by atoms with Crippen LogP contribution in [0.1, 0.15) is 26.3 Å². The molecule has 54 heavy (non-hydrogen) atoms. The van der Waals surface area contributed by atoms with Gasteiger partial charge in [-0.15, -0.1) is 0 Å². The first kappa shape index (κ1) is 30.8. The number of nitrogens with zero attached hydrogens (tertiary/aromatic N) is 3. The van der Waals surface area contributed by atoms with Gasteiger partial charge in [0, 0.05) is 68.1 Å². The van der Waals surface area contributed by atoms with E-state index in [9.17, 15) is 0 Å². The highest BCUT2D eigenvalue weighted by molar-refractivity contribution is 6.29. The maximum Gasteiger partial charge on any atom is 0.129 e. The summed E-state index contributed by atoms with van der Waals surface area (Å²) in [5, 5.41) is 7.48. The van der Waals surface area contributed by atoms with Crippen LogP contribution in [-0.4, -0.2) is 0 Å². The zero-order chi connectivity index (χ0) is 36.1. The van der Waals surface area contributed by atoms with Crippen molar-refractivity contribution in [2.45, 2.75) is 26.2 Å². The standard InChI is InChI=1S/C50H37N3O/c1-50(2,3)34-25-32-21-23-44-46-31-47(45-24-22-33(26-34)48(32)49(44)45)53-39-16-8-14-37(28-39)51(35-11-5-4-6-12-35)36-13-7-15-38(27-36)52(46)40-17-9-19-42(29-40)54-43-20-10-18-41(53)30-43/h4-31H,1-3H3. The number of hydrogen-bond acceptors (Lipinski definition) is 4. The summed E-state index contributed by atoms with van der Waals surface area (Å²) in [5.41, 5.74) is 11.0. The van der Waals surface area contributed by atoms with Crippen molar-refractivity contribution in [3.05, 3.63) is 175 Å². The Labute approximate surface area is 315 Å². The summed E-state index contributed by atoms with van der Waals surface area (Å²) >= 11 is 0. The second kappa shape index (κ2) is 11.4. The number of ether oxygens (including phenoxy) is 1. The van der Waals surface area contributed by atoms with Gasteiger partial charge in [-0.05, 0) is 106 Å². The van der Waals surface area contributed by atoms with Crippen molar-refractivity contribution in [1.29, 1.82) is 0 Å². The molecular weight excluding hydrogens is 659 g/mol. The molecule has 0 fully saturated rings. The fraction of sp³-hybridized carbons (Fsp3) is 0.0800. The van der Waals surface area contributed by atoms with E-state index in [2.05, 4.69) is 193 Å². The molecule has 2 aliphatic heterocycles. The van der Waals surface area contributed by atoms with Crippen LogP contribution in [0.2, 0.25) is 0 Å². The van der Waals surface area contributed by atoms with Crippen LogP contribution >= 0.6 is 0 Å². The summed E-state index contributed by atoms with van der Waals surface area (Å²) < 4.78 is 6.65. The average Bonchev–Trinajstić information content (AvgIpc) is 3.18. The first-order chi connectivity index (χ1) is 26.4. The molecule has 258 valence electrons. The Bertz CT molecular complexity index is 2760. The molecule has 0 aromatic heterocycles. The minimum absolute atomic E-state index is 0.0255. The van der Waals surface area contributed by atoms with Crippen LogP contribution in [0.15, 0.2) is 170 Å². The lowest BCUT2D eigenvalue weighted by atomic mass is 9.83. The van der Waals surface area contributed by atoms with Crippen molar-refractivity contribution in [2.24, 2.45) is 0 Å². The first-order valence-corrected chi connectivity index (χ1v) is 18.7. The molecule has 0 N–H and O–H groups in total. The lowest BCUT2D eigenvalue weighted by Gasteiger charge is -2.35. The quantitative estimate of drug-likeness (QED) is 0.159. The third kappa shape index (κ3) is 4.70. The molecular formula is C50H37N3O. The smallest absolute Gasteiger partial charge is 0.129 e. The van der Waals surface area contributed by atoms with Crippen LogP contribution < -0.4 is 19.4 Å². The summed E-state index contributed by atoms with van der Waals surface area (Å²) in [6, 6.07) is 62.0. The molecule has 4 nitrogen and oxygen atoms in total. The molecule has 0 saturated carbocycles. The van der Waals surface area contributed by atoms with E-state index >= 15 is 0 Å². The Balaban J connectivity index is 1.35. The van der Waals surface area contributed by atoms with E-state index in [0.29, 0.717) is 0 Å². The Kier molecular flexibility index (Phi) is 6.48. The lowest BCUT2D eigenvalue weighted by molar-refractivity contribution is 0.483. The summed E-state index contributed by atoms with van der Waals surface area (Å²) in [5.74, 6) is 1.57. The normalized spacial score (nSPS) is 13.5. The van der Waals surface area contributed by atoms with E-state index in [-0.39, 0.29) is 5.41 Å².